The highest BCUT2D eigenvalue weighted by atomic mass is 19.4. The molecule has 0 aliphatic carbocycles. The molecule has 0 bridgehead atoms. The number of rotatable bonds is 4. The number of halogens is 3. The second-order valence-corrected chi connectivity index (χ2v) is 10.6. The molecule has 35 heavy (non-hydrogen) atoms. The Hall–Kier alpha value is -2.62. The number of carbonyl (C=O) groups is 3. The van der Waals surface area contributed by atoms with E-state index < -0.39 is 47.8 Å². The van der Waals surface area contributed by atoms with E-state index in [2.05, 4.69) is 12.2 Å². The number of fused-ring (bicyclic) bond motifs is 1. The molecule has 2 heterocycles. The van der Waals surface area contributed by atoms with E-state index in [1.807, 2.05) is 6.92 Å². The lowest BCUT2D eigenvalue weighted by Gasteiger charge is -2.40. The van der Waals surface area contributed by atoms with Gasteiger partial charge in [-0.25, -0.2) is 0 Å². The Morgan fingerprint density at radius 1 is 1.11 bits per heavy atom. The molecular weight excluding hydrogens is 463 g/mol. The van der Waals surface area contributed by atoms with Crippen molar-refractivity contribution in [3.05, 3.63) is 29.3 Å². The number of alkyl halides is 3. The first-order valence-corrected chi connectivity index (χ1v) is 11.8. The Bertz CT molecular complexity index is 989. The summed E-state index contributed by atoms with van der Waals surface area (Å²) in [5.41, 5.74) is -1.27. The summed E-state index contributed by atoms with van der Waals surface area (Å²) in [4.78, 5) is 42.3. The molecule has 1 saturated heterocycles. The van der Waals surface area contributed by atoms with Gasteiger partial charge in [0.05, 0.1) is 11.6 Å². The summed E-state index contributed by atoms with van der Waals surface area (Å²) in [6.07, 6.45) is -3.93. The van der Waals surface area contributed by atoms with E-state index in [4.69, 9.17) is 4.74 Å². The first-order valence-electron chi connectivity index (χ1n) is 11.8. The number of carbonyl (C=O) groups excluding carboxylic acids is 3. The third-order valence-corrected chi connectivity index (χ3v) is 6.74. The molecule has 1 aromatic rings. The maximum absolute atomic E-state index is 13.7. The summed E-state index contributed by atoms with van der Waals surface area (Å²) in [6, 6.07) is 1.76. The van der Waals surface area contributed by atoms with Gasteiger partial charge >= 0.3 is 12.1 Å². The predicted octanol–water partition coefficient (Wildman–Crippen LogP) is 3.40. The number of likely N-dealkylation sites (tertiary alicyclic amines) is 1. The van der Waals surface area contributed by atoms with Crippen molar-refractivity contribution in [3.63, 3.8) is 0 Å². The van der Waals surface area contributed by atoms with E-state index in [0.29, 0.717) is 18.5 Å². The van der Waals surface area contributed by atoms with Crippen LogP contribution in [0.4, 0.5) is 18.9 Å². The summed E-state index contributed by atoms with van der Waals surface area (Å²) in [6.45, 7) is 8.85. The summed E-state index contributed by atoms with van der Waals surface area (Å²) in [7, 11) is 1.69. The Labute approximate surface area is 204 Å². The van der Waals surface area contributed by atoms with Gasteiger partial charge in [-0.15, -0.1) is 0 Å². The number of benzene rings is 1. The third-order valence-electron chi connectivity index (χ3n) is 6.74. The summed E-state index contributed by atoms with van der Waals surface area (Å²) in [5, 5.41) is 3.03. The van der Waals surface area contributed by atoms with Gasteiger partial charge in [-0.3, -0.25) is 19.3 Å². The zero-order valence-electron chi connectivity index (χ0n) is 21.0. The number of amides is 2. The van der Waals surface area contributed by atoms with Crippen molar-refractivity contribution >= 4 is 23.5 Å². The van der Waals surface area contributed by atoms with Crippen molar-refractivity contribution < 1.29 is 32.3 Å². The highest BCUT2D eigenvalue weighted by Gasteiger charge is 2.44. The standard InChI is InChI=1S/C25H34F3N3O4/c1-14-9-18(29-6)22(33)30(12-15(14)2)20-10-16-7-8-17(25(26,27)28)11-19(16)31(23(20)34)13-21(32)35-24(3,4)5/h7-8,11,14-15,18,20,29H,9-10,12-13H2,1-6H3/t14-,15+,18+,20+/m1/s1. The van der Waals surface area contributed by atoms with E-state index in [1.54, 1.807) is 27.8 Å². The molecule has 0 aromatic heterocycles. The largest absolute Gasteiger partial charge is 0.459 e. The van der Waals surface area contributed by atoms with E-state index in [-0.39, 0.29) is 29.9 Å². The van der Waals surface area contributed by atoms with E-state index in [9.17, 15) is 27.6 Å². The number of hydrogen-bond acceptors (Lipinski definition) is 5. The lowest BCUT2D eigenvalue weighted by molar-refractivity contribution is -0.154. The second-order valence-electron chi connectivity index (χ2n) is 10.6. The maximum atomic E-state index is 13.7. The van der Waals surface area contributed by atoms with Crippen LogP contribution in [0.25, 0.3) is 0 Å². The van der Waals surface area contributed by atoms with Gasteiger partial charge in [0.2, 0.25) is 5.91 Å². The molecule has 2 amide bonds. The molecule has 1 fully saturated rings. The predicted molar refractivity (Wildman–Crippen MR) is 125 cm³/mol. The molecule has 2 aliphatic rings. The maximum Gasteiger partial charge on any atom is 0.416 e. The van der Waals surface area contributed by atoms with Crippen LogP contribution in [0.3, 0.4) is 0 Å². The first kappa shape index (κ1) is 27.0. The monoisotopic (exact) mass is 497 g/mol. The molecule has 2 aliphatic heterocycles. The van der Waals surface area contributed by atoms with Gasteiger partial charge in [-0.2, -0.15) is 13.2 Å². The lowest BCUT2D eigenvalue weighted by atomic mass is 9.91. The molecule has 1 N–H and O–H groups in total. The van der Waals surface area contributed by atoms with Crippen LogP contribution in [-0.2, 0) is 31.7 Å². The molecule has 3 rings (SSSR count). The van der Waals surface area contributed by atoms with Crippen molar-refractivity contribution in [2.45, 2.75) is 71.3 Å². The van der Waals surface area contributed by atoms with Crippen LogP contribution in [0, 0.1) is 11.8 Å². The summed E-state index contributed by atoms with van der Waals surface area (Å²) < 4.78 is 45.7. The normalized spacial score (nSPS) is 25.9. The van der Waals surface area contributed by atoms with Gasteiger partial charge in [0.1, 0.15) is 18.2 Å². The summed E-state index contributed by atoms with van der Waals surface area (Å²) >= 11 is 0. The third kappa shape index (κ3) is 5.97. The fraction of sp³-hybridized carbons (Fsp3) is 0.640. The van der Waals surface area contributed by atoms with Crippen LogP contribution in [0.5, 0.6) is 0 Å². The first-order chi connectivity index (χ1) is 16.1. The Kier molecular flexibility index (Phi) is 7.55. The van der Waals surface area contributed by atoms with Gasteiger partial charge in [0, 0.05) is 18.7 Å². The van der Waals surface area contributed by atoms with E-state index in [0.717, 1.165) is 17.0 Å². The molecule has 0 saturated carbocycles. The Morgan fingerprint density at radius 3 is 2.34 bits per heavy atom. The molecule has 0 spiro atoms. The molecule has 194 valence electrons. The van der Waals surface area contributed by atoms with Crippen molar-refractivity contribution in [2.75, 3.05) is 25.0 Å². The SMILES string of the molecule is CN[C@H]1C[C@@H](C)[C@@H](C)CN([C@H]2Cc3ccc(C(F)(F)F)cc3N(CC(=O)OC(C)(C)C)C2=O)C1=O. The van der Waals surface area contributed by atoms with Crippen LogP contribution in [0.2, 0.25) is 0 Å². The summed E-state index contributed by atoms with van der Waals surface area (Å²) in [5.74, 6) is -1.23. The van der Waals surface area contributed by atoms with Crippen LogP contribution in [0.1, 0.15) is 52.2 Å². The Balaban J connectivity index is 2.04. The number of anilines is 1. The number of hydrogen-bond donors (Lipinski definition) is 1. The highest BCUT2D eigenvalue weighted by molar-refractivity contribution is 6.05. The fourth-order valence-electron chi connectivity index (χ4n) is 4.68. The zero-order chi connectivity index (χ0) is 26.3. The topological polar surface area (TPSA) is 79.0 Å². The van der Waals surface area contributed by atoms with Gasteiger partial charge in [0.15, 0.2) is 0 Å². The quantitative estimate of drug-likeness (QED) is 0.646. The molecule has 10 heteroatoms. The number of likely N-dealkylation sites (N-methyl/N-ethyl adjacent to an activating group) is 1. The van der Waals surface area contributed by atoms with E-state index >= 15 is 0 Å². The minimum atomic E-state index is -4.61. The van der Waals surface area contributed by atoms with Crippen molar-refractivity contribution in [3.8, 4) is 0 Å². The van der Waals surface area contributed by atoms with Crippen LogP contribution < -0.4 is 10.2 Å². The average Bonchev–Trinajstić information content (AvgIpc) is 2.84. The fourth-order valence-corrected chi connectivity index (χ4v) is 4.68. The van der Waals surface area contributed by atoms with Crippen molar-refractivity contribution in [1.29, 1.82) is 0 Å². The molecular formula is C25H34F3N3O4. The number of nitrogens with zero attached hydrogens (tertiary/aromatic N) is 2. The van der Waals surface area contributed by atoms with Crippen LogP contribution in [0.15, 0.2) is 18.2 Å². The number of ether oxygens (including phenoxy) is 1. The zero-order valence-corrected chi connectivity index (χ0v) is 21.0. The molecule has 0 unspecified atom stereocenters. The Morgan fingerprint density at radius 2 is 1.77 bits per heavy atom. The smallest absolute Gasteiger partial charge is 0.416 e. The van der Waals surface area contributed by atoms with Gasteiger partial charge in [0.25, 0.3) is 5.91 Å². The van der Waals surface area contributed by atoms with Crippen LogP contribution in [-0.4, -0.2) is 60.5 Å². The highest BCUT2D eigenvalue weighted by Crippen LogP contribution is 2.38. The lowest BCUT2D eigenvalue weighted by Crippen LogP contribution is -2.58. The van der Waals surface area contributed by atoms with Gasteiger partial charge < -0.3 is 15.0 Å². The average molecular weight is 498 g/mol. The van der Waals surface area contributed by atoms with Gasteiger partial charge in [-0.1, -0.05) is 19.9 Å². The number of esters is 1. The number of nitrogens with one attached hydrogen (secondary N) is 1. The minimum Gasteiger partial charge on any atom is -0.459 e. The molecule has 7 nitrogen and oxygen atoms in total. The van der Waals surface area contributed by atoms with Gasteiger partial charge in [-0.05, 0) is 63.8 Å². The second kappa shape index (κ2) is 9.79. The van der Waals surface area contributed by atoms with Crippen molar-refractivity contribution in [1.82, 2.24) is 10.2 Å². The minimum absolute atomic E-state index is 0.0146. The van der Waals surface area contributed by atoms with Crippen LogP contribution >= 0.6 is 0 Å². The van der Waals surface area contributed by atoms with E-state index in [1.165, 1.54) is 11.0 Å². The molecule has 1 aromatic carbocycles. The molecule has 0 radical (unpaired) electrons. The van der Waals surface area contributed by atoms with Crippen molar-refractivity contribution in [2.24, 2.45) is 11.8 Å². The molecule has 4 atom stereocenters.